The molecule has 3 heteroatoms. The minimum atomic E-state index is -0.455. The smallest absolute Gasteiger partial charge is 0.160 e. The van der Waals surface area contributed by atoms with E-state index in [1.165, 1.54) is 0 Å². The average Bonchev–Trinajstić information content (AvgIpc) is 2.42. The predicted molar refractivity (Wildman–Crippen MR) is 81.9 cm³/mol. The first-order chi connectivity index (χ1) is 9.49. The van der Waals surface area contributed by atoms with Gasteiger partial charge >= 0.3 is 0 Å². The van der Waals surface area contributed by atoms with Crippen molar-refractivity contribution in [1.82, 2.24) is 0 Å². The Kier molecular flexibility index (Phi) is 4.40. The number of carbonyl (C=O) groups excluding carboxylic acids is 1. The Morgan fingerprint density at radius 1 is 1.20 bits per heavy atom. The van der Waals surface area contributed by atoms with Crippen molar-refractivity contribution in [2.24, 2.45) is 5.73 Å². The number of benzene rings is 2. The normalized spacial score (nSPS) is 13.2. The molecule has 0 aliphatic rings. The zero-order chi connectivity index (χ0) is 14.6. The Hall–Kier alpha value is -1.87. The molecular formula is C17H21NO2. The lowest BCUT2D eigenvalue weighted by Crippen LogP contribution is -2.34. The van der Waals surface area contributed by atoms with Crippen molar-refractivity contribution in [3.8, 4) is 5.75 Å². The van der Waals surface area contributed by atoms with Crippen LogP contribution >= 0.6 is 0 Å². The highest BCUT2D eigenvalue weighted by Crippen LogP contribution is 2.26. The molecule has 0 spiro atoms. The Morgan fingerprint density at radius 3 is 2.60 bits per heavy atom. The topological polar surface area (TPSA) is 52.3 Å². The number of aldehydes is 1. The molecule has 0 amide bonds. The van der Waals surface area contributed by atoms with Gasteiger partial charge < -0.3 is 10.5 Å². The van der Waals surface area contributed by atoms with E-state index < -0.39 is 6.10 Å². The van der Waals surface area contributed by atoms with Gasteiger partial charge in [0, 0.05) is 10.9 Å². The zero-order valence-corrected chi connectivity index (χ0v) is 12.0. The van der Waals surface area contributed by atoms with Crippen LogP contribution in [0.1, 0.15) is 26.7 Å². The van der Waals surface area contributed by atoms with Gasteiger partial charge in [0.15, 0.2) is 12.4 Å². The molecule has 2 aromatic carbocycles. The second-order valence-corrected chi connectivity index (χ2v) is 5.80. The third-order valence-electron chi connectivity index (χ3n) is 3.25. The zero-order valence-electron chi connectivity index (χ0n) is 12.0. The summed E-state index contributed by atoms with van der Waals surface area (Å²) in [5.74, 6) is 0.745. The first-order valence-corrected chi connectivity index (χ1v) is 6.88. The largest absolute Gasteiger partial charge is 0.482 e. The van der Waals surface area contributed by atoms with Gasteiger partial charge in [-0.05, 0) is 38.1 Å². The first-order valence-electron chi connectivity index (χ1n) is 6.88. The fourth-order valence-electron chi connectivity index (χ4n) is 2.13. The van der Waals surface area contributed by atoms with Gasteiger partial charge in [0.1, 0.15) is 5.75 Å². The monoisotopic (exact) mass is 271 g/mol. The number of rotatable bonds is 6. The van der Waals surface area contributed by atoms with Crippen LogP contribution in [0.5, 0.6) is 5.75 Å². The first kappa shape index (κ1) is 14.5. The highest BCUT2D eigenvalue weighted by atomic mass is 16.5. The maximum Gasteiger partial charge on any atom is 0.160 e. The summed E-state index contributed by atoms with van der Waals surface area (Å²) in [5, 5.41) is 2.13. The molecule has 2 rings (SSSR count). The molecule has 0 saturated carbocycles. The summed E-state index contributed by atoms with van der Waals surface area (Å²) in [4.78, 5) is 11.2. The van der Waals surface area contributed by atoms with Crippen molar-refractivity contribution >= 4 is 17.1 Å². The fourth-order valence-corrected chi connectivity index (χ4v) is 2.13. The van der Waals surface area contributed by atoms with Crippen molar-refractivity contribution in [2.75, 3.05) is 0 Å². The minimum absolute atomic E-state index is 0.288. The average molecular weight is 271 g/mol. The van der Waals surface area contributed by atoms with E-state index in [4.69, 9.17) is 10.5 Å². The molecule has 106 valence electrons. The van der Waals surface area contributed by atoms with E-state index >= 15 is 0 Å². The van der Waals surface area contributed by atoms with Gasteiger partial charge in [-0.25, -0.2) is 0 Å². The molecule has 0 aromatic heterocycles. The van der Waals surface area contributed by atoms with Crippen LogP contribution < -0.4 is 10.5 Å². The van der Waals surface area contributed by atoms with Crippen molar-refractivity contribution in [3.05, 3.63) is 42.5 Å². The molecule has 0 fully saturated rings. The Bertz CT molecular complexity index is 582. The van der Waals surface area contributed by atoms with E-state index in [0.717, 1.165) is 29.2 Å². The molecule has 1 unspecified atom stereocenters. The summed E-state index contributed by atoms with van der Waals surface area (Å²) in [5.41, 5.74) is 5.66. The summed E-state index contributed by atoms with van der Waals surface area (Å²) in [6.07, 6.45) is 1.76. The summed E-state index contributed by atoms with van der Waals surface area (Å²) in [6.45, 7) is 3.90. The van der Waals surface area contributed by atoms with Crippen molar-refractivity contribution in [1.29, 1.82) is 0 Å². The molecule has 0 aliphatic carbocycles. The van der Waals surface area contributed by atoms with Gasteiger partial charge in [0.2, 0.25) is 0 Å². The van der Waals surface area contributed by atoms with E-state index in [1.807, 2.05) is 56.3 Å². The van der Waals surface area contributed by atoms with E-state index in [2.05, 4.69) is 0 Å². The van der Waals surface area contributed by atoms with E-state index in [-0.39, 0.29) is 5.54 Å². The van der Waals surface area contributed by atoms with Crippen LogP contribution in [0.3, 0.4) is 0 Å². The summed E-state index contributed by atoms with van der Waals surface area (Å²) in [7, 11) is 0. The molecule has 3 nitrogen and oxygen atoms in total. The third kappa shape index (κ3) is 3.81. The molecule has 20 heavy (non-hydrogen) atoms. The third-order valence-corrected chi connectivity index (χ3v) is 3.25. The lowest BCUT2D eigenvalue weighted by molar-refractivity contribution is -0.114. The van der Waals surface area contributed by atoms with Crippen molar-refractivity contribution < 1.29 is 9.53 Å². The van der Waals surface area contributed by atoms with Crippen LogP contribution in [0.15, 0.2) is 42.5 Å². The Morgan fingerprint density at radius 2 is 1.90 bits per heavy atom. The molecule has 0 bridgehead atoms. The maximum absolute atomic E-state index is 11.2. The summed E-state index contributed by atoms with van der Waals surface area (Å²) >= 11 is 0. The second-order valence-electron chi connectivity index (χ2n) is 5.80. The van der Waals surface area contributed by atoms with Crippen LogP contribution in [0, 0.1) is 0 Å². The van der Waals surface area contributed by atoms with Gasteiger partial charge in [-0.2, -0.15) is 0 Å². The standard InChI is InChI=1S/C17H21NO2/c1-17(2,18)11-10-14(12-19)20-16-9-5-7-13-6-3-4-8-15(13)16/h3-9,12,14H,10-11,18H2,1-2H3. The SMILES string of the molecule is CC(C)(N)CCC(C=O)Oc1cccc2ccccc12. The van der Waals surface area contributed by atoms with Gasteiger partial charge in [0.25, 0.3) is 0 Å². The van der Waals surface area contributed by atoms with Crippen LogP contribution in [0.25, 0.3) is 10.8 Å². The minimum Gasteiger partial charge on any atom is -0.482 e. The molecular weight excluding hydrogens is 250 g/mol. The van der Waals surface area contributed by atoms with Crippen LogP contribution in [0.2, 0.25) is 0 Å². The maximum atomic E-state index is 11.2. The number of fused-ring (bicyclic) bond motifs is 1. The number of hydrogen-bond acceptors (Lipinski definition) is 3. The quantitative estimate of drug-likeness (QED) is 0.820. The molecule has 0 saturated heterocycles. The van der Waals surface area contributed by atoms with Crippen LogP contribution in [0.4, 0.5) is 0 Å². The molecule has 2 N–H and O–H groups in total. The number of nitrogens with two attached hydrogens (primary N) is 1. The fraction of sp³-hybridized carbons (Fsp3) is 0.353. The molecule has 0 aliphatic heterocycles. The number of hydrogen-bond donors (Lipinski definition) is 1. The van der Waals surface area contributed by atoms with Crippen molar-refractivity contribution in [3.63, 3.8) is 0 Å². The van der Waals surface area contributed by atoms with Crippen molar-refractivity contribution in [2.45, 2.75) is 38.3 Å². The van der Waals surface area contributed by atoms with Crippen LogP contribution in [-0.2, 0) is 4.79 Å². The van der Waals surface area contributed by atoms with E-state index in [0.29, 0.717) is 6.42 Å². The lowest BCUT2D eigenvalue weighted by Gasteiger charge is -2.21. The van der Waals surface area contributed by atoms with Gasteiger partial charge in [-0.1, -0.05) is 36.4 Å². The summed E-state index contributed by atoms with van der Waals surface area (Å²) in [6, 6.07) is 13.8. The predicted octanol–water partition coefficient (Wildman–Crippen LogP) is 3.30. The Balaban J connectivity index is 2.15. The van der Waals surface area contributed by atoms with Gasteiger partial charge in [-0.15, -0.1) is 0 Å². The second kappa shape index (κ2) is 6.06. The van der Waals surface area contributed by atoms with E-state index in [1.54, 1.807) is 0 Å². The number of carbonyl (C=O) groups is 1. The Labute approximate surface area is 119 Å². The highest BCUT2D eigenvalue weighted by Gasteiger charge is 2.17. The highest BCUT2D eigenvalue weighted by molar-refractivity contribution is 5.88. The molecule has 0 radical (unpaired) electrons. The van der Waals surface area contributed by atoms with Crippen LogP contribution in [-0.4, -0.2) is 17.9 Å². The lowest BCUT2D eigenvalue weighted by atomic mass is 9.98. The van der Waals surface area contributed by atoms with E-state index in [9.17, 15) is 4.79 Å². The summed E-state index contributed by atoms with van der Waals surface area (Å²) < 4.78 is 5.85. The molecule has 1 atom stereocenters. The molecule has 0 heterocycles. The molecule has 2 aromatic rings. The van der Waals surface area contributed by atoms with Gasteiger partial charge in [0.05, 0.1) is 0 Å². The van der Waals surface area contributed by atoms with Gasteiger partial charge in [-0.3, -0.25) is 4.79 Å². The number of ether oxygens (including phenoxy) is 1.